The van der Waals surface area contributed by atoms with Gasteiger partial charge in [0.2, 0.25) is 21.8 Å². The molecular weight excluding hydrogens is 326 g/mol. The van der Waals surface area contributed by atoms with Gasteiger partial charge >= 0.3 is 0 Å². The second kappa shape index (κ2) is 6.54. The van der Waals surface area contributed by atoms with Gasteiger partial charge in [-0.25, -0.2) is 8.42 Å². The molecular formula is C17H17N3O3S. The number of rotatable bonds is 5. The third-order valence-corrected chi connectivity index (χ3v) is 4.91. The molecule has 0 radical (unpaired) electrons. The van der Waals surface area contributed by atoms with Crippen LogP contribution in [0.15, 0.2) is 63.9 Å². The third-order valence-electron chi connectivity index (χ3n) is 3.49. The molecule has 6 nitrogen and oxygen atoms in total. The molecule has 1 unspecified atom stereocenters. The van der Waals surface area contributed by atoms with Gasteiger partial charge in [-0.3, -0.25) is 0 Å². The fourth-order valence-electron chi connectivity index (χ4n) is 2.34. The molecule has 0 saturated heterocycles. The Hall–Kier alpha value is -2.51. The summed E-state index contributed by atoms with van der Waals surface area (Å²) in [5, 5.41) is 7.77. The molecule has 124 valence electrons. The summed E-state index contributed by atoms with van der Waals surface area (Å²) in [6.45, 7) is 3.50. The van der Waals surface area contributed by atoms with Gasteiger partial charge in [-0.05, 0) is 30.2 Å². The summed E-state index contributed by atoms with van der Waals surface area (Å²) < 4.78 is 33.6. The summed E-state index contributed by atoms with van der Waals surface area (Å²) >= 11 is 0. The van der Waals surface area contributed by atoms with Crippen LogP contribution < -0.4 is 4.72 Å². The lowest BCUT2D eigenvalue weighted by Crippen LogP contribution is -2.29. The molecule has 0 amide bonds. The van der Waals surface area contributed by atoms with Crippen LogP contribution in [0.3, 0.4) is 0 Å². The number of nitrogens with one attached hydrogen (secondary N) is 1. The van der Waals surface area contributed by atoms with Crippen LogP contribution in [0.4, 0.5) is 0 Å². The first-order chi connectivity index (χ1) is 11.5. The Labute approximate surface area is 140 Å². The van der Waals surface area contributed by atoms with Gasteiger partial charge in [0.25, 0.3) is 0 Å². The lowest BCUT2D eigenvalue weighted by atomic mass is 10.1. The van der Waals surface area contributed by atoms with Gasteiger partial charge < -0.3 is 4.42 Å². The van der Waals surface area contributed by atoms with E-state index in [-0.39, 0.29) is 10.8 Å². The van der Waals surface area contributed by atoms with Crippen LogP contribution in [-0.2, 0) is 10.0 Å². The van der Waals surface area contributed by atoms with Gasteiger partial charge in [0, 0.05) is 6.92 Å². The second-order valence-electron chi connectivity index (χ2n) is 5.44. The predicted octanol–water partition coefficient (Wildman–Crippen LogP) is 2.75. The number of nitrogens with zero attached hydrogens (tertiary/aromatic N) is 2. The fourth-order valence-corrected chi connectivity index (χ4v) is 3.62. The van der Waals surface area contributed by atoms with E-state index in [1.165, 1.54) is 0 Å². The van der Waals surface area contributed by atoms with E-state index in [9.17, 15) is 8.42 Å². The van der Waals surface area contributed by atoms with Crippen molar-refractivity contribution in [2.24, 2.45) is 0 Å². The predicted molar refractivity (Wildman–Crippen MR) is 88.8 cm³/mol. The zero-order valence-corrected chi connectivity index (χ0v) is 14.1. The lowest BCUT2D eigenvalue weighted by molar-refractivity contribution is 0.436. The minimum atomic E-state index is -3.75. The maximum Gasteiger partial charge on any atom is 0.241 e. The largest absolute Gasteiger partial charge is 0.423 e. The molecule has 1 aromatic heterocycles. The van der Waals surface area contributed by atoms with Crippen molar-refractivity contribution in [3.8, 4) is 0 Å². The van der Waals surface area contributed by atoms with Crippen LogP contribution >= 0.6 is 0 Å². The van der Waals surface area contributed by atoms with Crippen molar-refractivity contribution < 1.29 is 12.8 Å². The number of hydrogen-bond donors (Lipinski definition) is 1. The van der Waals surface area contributed by atoms with Crippen molar-refractivity contribution in [3.63, 3.8) is 0 Å². The molecule has 1 atom stereocenters. The minimum absolute atomic E-state index is 0.194. The maximum atomic E-state index is 12.7. The molecule has 0 fully saturated rings. The van der Waals surface area contributed by atoms with Crippen LogP contribution in [0.1, 0.15) is 29.0 Å². The number of benzene rings is 2. The van der Waals surface area contributed by atoms with Gasteiger partial charge in [-0.2, -0.15) is 4.72 Å². The molecule has 24 heavy (non-hydrogen) atoms. The second-order valence-corrected chi connectivity index (χ2v) is 7.15. The highest BCUT2D eigenvalue weighted by molar-refractivity contribution is 7.89. The van der Waals surface area contributed by atoms with Crippen molar-refractivity contribution >= 4 is 10.0 Å². The van der Waals surface area contributed by atoms with Crippen LogP contribution in [-0.4, -0.2) is 18.6 Å². The number of aromatic nitrogens is 2. The standard InChI is InChI=1S/C17H17N3O3S/c1-12-7-6-10-15(11-12)24(21,22)20-16(14-8-4-3-5-9-14)17-19-18-13(2)23-17/h3-11,16,20H,1-2H3. The number of hydrogen-bond acceptors (Lipinski definition) is 5. The van der Waals surface area contributed by atoms with E-state index in [4.69, 9.17) is 4.42 Å². The van der Waals surface area contributed by atoms with E-state index < -0.39 is 16.1 Å². The van der Waals surface area contributed by atoms with E-state index in [2.05, 4.69) is 14.9 Å². The molecule has 3 aromatic rings. The molecule has 0 aliphatic heterocycles. The first-order valence-electron chi connectivity index (χ1n) is 7.40. The van der Waals surface area contributed by atoms with E-state index in [0.29, 0.717) is 5.89 Å². The summed E-state index contributed by atoms with van der Waals surface area (Å²) in [4.78, 5) is 0.194. The Kier molecular flexibility index (Phi) is 4.46. The number of sulfonamides is 1. The average Bonchev–Trinajstić information content (AvgIpc) is 3.00. The smallest absolute Gasteiger partial charge is 0.241 e. The van der Waals surface area contributed by atoms with Crippen molar-refractivity contribution in [1.29, 1.82) is 0 Å². The topological polar surface area (TPSA) is 85.1 Å². The zero-order chi connectivity index (χ0) is 17.2. The van der Waals surface area contributed by atoms with Gasteiger partial charge in [0.1, 0.15) is 6.04 Å². The van der Waals surface area contributed by atoms with Crippen LogP contribution in [0.2, 0.25) is 0 Å². The molecule has 7 heteroatoms. The summed E-state index contributed by atoms with van der Waals surface area (Å²) in [6.07, 6.45) is 0. The Morgan fingerprint density at radius 3 is 2.38 bits per heavy atom. The monoisotopic (exact) mass is 343 g/mol. The molecule has 0 aliphatic carbocycles. The Morgan fingerprint density at radius 2 is 1.75 bits per heavy atom. The summed E-state index contributed by atoms with van der Waals surface area (Å²) in [5.41, 5.74) is 1.58. The zero-order valence-electron chi connectivity index (χ0n) is 13.3. The summed E-state index contributed by atoms with van der Waals surface area (Å²) in [7, 11) is -3.75. The maximum absolute atomic E-state index is 12.7. The average molecular weight is 343 g/mol. The van der Waals surface area contributed by atoms with Crippen LogP contribution in [0.5, 0.6) is 0 Å². The summed E-state index contributed by atoms with van der Waals surface area (Å²) in [6, 6.07) is 15.1. The quantitative estimate of drug-likeness (QED) is 0.770. The molecule has 0 aliphatic rings. The van der Waals surface area contributed by atoms with E-state index in [1.54, 1.807) is 25.1 Å². The Balaban J connectivity index is 2.01. The minimum Gasteiger partial charge on any atom is -0.423 e. The van der Waals surface area contributed by atoms with Crippen LogP contribution in [0.25, 0.3) is 0 Å². The van der Waals surface area contributed by atoms with Gasteiger partial charge in [0.15, 0.2) is 0 Å². The van der Waals surface area contributed by atoms with E-state index in [1.807, 2.05) is 43.3 Å². The van der Waals surface area contributed by atoms with E-state index >= 15 is 0 Å². The van der Waals surface area contributed by atoms with Crippen molar-refractivity contribution in [1.82, 2.24) is 14.9 Å². The molecule has 0 saturated carbocycles. The summed E-state index contributed by atoms with van der Waals surface area (Å²) in [5.74, 6) is 0.579. The van der Waals surface area contributed by atoms with Gasteiger partial charge in [-0.15, -0.1) is 10.2 Å². The molecule has 3 rings (SSSR count). The number of aryl methyl sites for hydroxylation is 2. The highest BCUT2D eigenvalue weighted by Gasteiger charge is 2.26. The SMILES string of the molecule is Cc1cccc(S(=O)(=O)NC(c2ccccc2)c2nnc(C)o2)c1. The molecule has 1 N–H and O–H groups in total. The highest BCUT2D eigenvalue weighted by atomic mass is 32.2. The van der Waals surface area contributed by atoms with Gasteiger partial charge in [-0.1, -0.05) is 42.5 Å². The highest BCUT2D eigenvalue weighted by Crippen LogP contribution is 2.24. The molecule has 1 heterocycles. The molecule has 2 aromatic carbocycles. The molecule has 0 spiro atoms. The Bertz CT molecular complexity index is 936. The lowest BCUT2D eigenvalue weighted by Gasteiger charge is -2.16. The van der Waals surface area contributed by atoms with Gasteiger partial charge in [0.05, 0.1) is 4.90 Å². The molecule has 0 bridgehead atoms. The van der Waals surface area contributed by atoms with Crippen molar-refractivity contribution in [2.45, 2.75) is 24.8 Å². The van der Waals surface area contributed by atoms with Crippen molar-refractivity contribution in [3.05, 3.63) is 77.5 Å². The first-order valence-corrected chi connectivity index (χ1v) is 8.88. The fraction of sp³-hybridized carbons (Fsp3) is 0.176. The van der Waals surface area contributed by atoms with Crippen LogP contribution in [0, 0.1) is 13.8 Å². The Morgan fingerprint density at radius 1 is 1.00 bits per heavy atom. The van der Waals surface area contributed by atoms with Crippen molar-refractivity contribution in [2.75, 3.05) is 0 Å². The first kappa shape index (κ1) is 16.4. The van der Waals surface area contributed by atoms with E-state index in [0.717, 1.165) is 11.1 Å². The normalized spacial score (nSPS) is 12.9. The third kappa shape index (κ3) is 3.52.